The van der Waals surface area contributed by atoms with Gasteiger partial charge in [0, 0.05) is 47.8 Å². The number of halogens is 1. The molecule has 1 fully saturated rings. The van der Waals surface area contributed by atoms with Crippen LogP contribution in [0.3, 0.4) is 0 Å². The Hall–Kier alpha value is -3.13. The molecule has 2 aromatic heterocycles. The summed E-state index contributed by atoms with van der Waals surface area (Å²) >= 11 is 6.06. The highest BCUT2D eigenvalue weighted by molar-refractivity contribution is 6.31. The molecule has 1 atom stereocenters. The van der Waals surface area contributed by atoms with Crippen molar-refractivity contribution in [2.75, 3.05) is 30.4 Å². The van der Waals surface area contributed by atoms with Crippen LogP contribution in [0.25, 0.3) is 10.9 Å². The Bertz CT molecular complexity index is 1120. The molecule has 0 radical (unpaired) electrons. The first kappa shape index (κ1) is 18.2. The maximum Gasteiger partial charge on any atom is 0.325 e. The summed E-state index contributed by atoms with van der Waals surface area (Å²) in [6.07, 6.45) is 1.59. The Labute approximate surface area is 166 Å². The van der Waals surface area contributed by atoms with Gasteiger partial charge in [-0.2, -0.15) is 4.98 Å². The molecule has 1 saturated heterocycles. The Balaban J connectivity index is 1.60. The molecule has 28 heavy (non-hydrogen) atoms. The normalized spacial score (nSPS) is 15.3. The fourth-order valence-electron chi connectivity index (χ4n) is 3.22. The fourth-order valence-corrected chi connectivity index (χ4v) is 3.40. The van der Waals surface area contributed by atoms with Crippen LogP contribution in [-0.4, -0.2) is 46.0 Å². The van der Waals surface area contributed by atoms with E-state index >= 15 is 0 Å². The van der Waals surface area contributed by atoms with Gasteiger partial charge in [0.1, 0.15) is 5.82 Å². The summed E-state index contributed by atoms with van der Waals surface area (Å²) in [7, 11) is 1.75. The summed E-state index contributed by atoms with van der Waals surface area (Å²) in [5, 5.41) is 4.58. The molecular weight excluding hydrogens is 380 g/mol. The van der Waals surface area contributed by atoms with Gasteiger partial charge < -0.3 is 15.2 Å². The van der Waals surface area contributed by atoms with Gasteiger partial charge in [-0.3, -0.25) is 9.69 Å². The zero-order chi connectivity index (χ0) is 19.8. The Kier molecular flexibility index (Phi) is 4.64. The van der Waals surface area contributed by atoms with E-state index in [1.54, 1.807) is 53.4 Å². The number of benzene rings is 1. The molecule has 144 valence electrons. The van der Waals surface area contributed by atoms with Crippen LogP contribution in [0.1, 0.15) is 18.5 Å². The van der Waals surface area contributed by atoms with Gasteiger partial charge in [0.05, 0.1) is 6.04 Å². The summed E-state index contributed by atoms with van der Waals surface area (Å²) in [4.78, 5) is 39.4. The van der Waals surface area contributed by atoms with Crippen LogP contribution < -0.4 is 15.8 Å². The summed E-state index contributed by atoms with van der Waals surface area (Å²) in [6, 6.07) is 8.36. The SMILES string of the molecule is C[C@H](Nc1nccc(N2CCN(C)C2=O)n1)c1cc2cc(Cl)ccc2[nH]c1=O. The highest BCUT2D eigenvalue weighted by atomic mass is 35.5. The van der Waals surface area contributed by atoms with E-state index in [0.29, 0.717) is 35.4 Å². The van der Waals surface area contributed by atoms with Crippen molar-refractivity contribution in [3.8, 4) is 0 Å². The number of aromatic amines is 1. The first-order chi connectivity index (χ1) is 13.4. The van der Waals surface area contributed by atoms with Crippen molar-refractivity contribution in [1.82, 2.24) is 19.9 Å². The minimum absolute atomic E-state index is 0.0967. The first-order valence-corrected chi connectivity index (χ1v) is 9.25. The molecule has 2 N–H and O–H groups in total. The van der Waals surface area contributed by atoms with Gasteiger partial charge in [-0.15, -0.1) is 0 Å². The van der Waals surface area contributed by atoms with Crippen LogP contribution in [0.4, 0.5) is 16.6 Å². The second-order valence-electron chi connectivity index (χ2n) is 6.75. The van der Waals surface area contributed by atoms with Crippen molar-refractivity contribution < 1.29 is 4.79 Å². The number of pyridine rings is 1. The number of H-pyrrole nitrogens is 1. The lowest BCUT2D eigenvalue weighted by atomic mass is 10.1. The van der Waals surface area contributed by atoms with Crippen LogP contribution in [0.5, 0.6) is 0 Å². The van der Waals surface area contributed by atoms with Crippen molar-refractivity contribution in [3.05, 3.63) is 57.5 Å². The van der Waals surface area contributed by atoms with Crippen molar-refractivity contribution in [1.29, 1.82) is 0 Å². The average molecular weight is 399 g/mol. The van der Waals surface area contributed by atoms with Gasteiger partial charge in [-0.05, 0) is 37.3 Å². The third-order valence-electron chi connectivity index (χ3n) is 4.78. The van der Waals surface area contributed by atoms with Crippen LogP contribution in [0.2, 0.25) is 5.02 Å². The lowest BCUT2D eigenvalue weighted by Gasteiger charge is -2.17. The van der Waals surface area contributed by atoms with Crippen molar-refractivity contribution >= 4 is 40.3 Å². The van der Waals surface area contributed by atoms with Crippen molar-refractivity contribution in [2.45, 2.75) is 13.0 Å². The van der Waals surface area contributed by atoms with Crippen molar-refractivity contribution in [3.63, 3.8) is 0 Å². The van der Waals surface area contributed by atoms with Gasteiger partial charge in [0.15, 0.2) is 0 Å². The molecule has 3 aromatic rings. The number of urea groups is 1. The van der Waals surface area contributed by atoms with E-state index in [4.69, 9.17) is 11.6 Å². The lowest BCUT2D eigenvalue weighted by Crippen LogP contribution is -2.30. The number of aromatic nitrogens is 3. The number of hydrogen-bond acceptors (Lipinski definition) is 5. The second kappa shape index (κ2) is 7.12. The van der Waals surface area contributed by atoms with E-state index in [9.17, 15) is 9.59 Å². The predicted octanol–water partition coefficient (Wildman–Crippen LogP) is 3.02. The number of likely N-dealkylation sites (N-methyl/N-ethyl adjacent to an activating group) is 1. The van der Waals surface area contributed by atoms with E-state index in [1.165, 1.54) is 0 Å². The van der Waals surface area contributed by atoms with Crippen molar-refractivity contribution in [2.24, 2.45) is 0 Å². The van der Waals surface area contributed by atoms with Gasteiger partial charge >= 0.3 is 6.03 Å². The minimum Gasteiger partial charge on any atom is -0.347 e. The molecule has 8 nitrogen and oxygen atoms in total. The standard InChI is InChI=1S/C19H19ClN6O2/c1-11(14-10-12-9-13(20)3-4-15(12)23-17(14)27)22-18-21-6-5-16(24-18)26-8-7-25(2)19(26)28/h3-6,9-11H,7-8H2,1-2H3,(H,23,27)(H,21,22,24)/t11-/m0/s1. The number of rotatable bonds is 4. The van der Waals surface area contributed by atoms with Crippen LogP contribution in [-0.2, 0) is 0 Å². The molecule has 1 aromatic carbocycles. The number of fused-ring (bicyclic) bond motifs is 1. The Morgan fingerprint density at radius 1 is 1.21 bits per heavy atom. The molecule has 2 amide bonds. The molecule has 4 rings (SSSR count). The monoisotopic (exact) mass is 398 g/mol. The Morgan fingerprint density at radius 3 is 2.79 bits per heavy atom. The zero-order valence-electron chi connectivity index (χ0n) is 15.4. The van der Waals surface area contributed by atoms with Crippen LogP contribution >= 0.6 is 11.6 Å². The van der Waals surface area contributed by atoms with E-state index in [-0.39, 0.29) is 17.6 Å². The number of nitrogens with one attached hydrogen (secondary N) is 2. The maximum absolute atomic E-state index is 12.5. The number of nitrogens with zero attached hydrogens (tertiary/aromatic N) is 4. The molecular formula is C19H19ClN6O2. The topological polar surface area (TPSA) is 94.2 Å². The van der Waals surface area contributed by atoms with Gasteiger partial charge in [0.25, 0.3) is 5.56 Å². The van der Waals surface area contributed by atoms with Gasteiger partial charge in [-0.1, -0.05) is 11.6 Å². The second-order valence-corrected chi connectivity index (χ2v) is 7.18. The van der Waals surface area contributed by atoms with Crippen LogP contribution in [0, 0.1) is 0 Å². The summed E-state index contributed by atoms with van der Waals surface area (Å²) < 4.78 is 0. The molecule has 0 aliphatic carbocycles. The molecule has 0 bridgehead atoms. The summed E-state index contributed by atoms with van der Waals surface area (Å²) in [6.45, 7) is 3.08. The highest BCUT2D eigenvalue weighted by Gasteiger charge is 2.27. The molecule has 0 spiro atoms. The largest absolute Gasteiger partial charge is 0.347 e. The smallest absolute Gasteiger partial charge is 0.325 e. The summed E-state index contributed by atoms with van der Waals surface area (Å²) in [5.74, 6) is 0.871. The molecule has 0 unspecified atom stereocenters. The van der Waals surface area contributed by atoms with E-state index < -0.39 is 0 Å². The lowest BCUT2D eigenvalue weighted by molar-refractivity contribution is 0.229. The Morgan fingerprint density at radius 2 is 2.04 bits per heavy atom. The van der Waals surface area contributed by atoms with Crippen LogP contribution in [0.15, 0.2) is 41.3 Å². The minimum atomic E-state index is -0.348. The highest BCUT2D eigenvalue weighted by Crippen LogP contribution is 2.22. The van der Waals surface area contributed by atoms with E-state index in [0.717, 1.165) is 10.9 Å². The molecule has 1 aliphatic heterocycles. The average Bonchev–Trinajstić information content (AvgIpc) is 3.00. The molecule has 9 heteroatoms. The molecule has 3 heterocycles. The number of amides is 2. The van der Waals surface area contributed by atoms with E-state index in [1.807, 2.05) is 6.92 Å². The number of carbonyl (C=O) groups is 1. The third kappa shape index (κ3) is 3.38. The number of hydrogen-bond donors (Lipinski definition) is 2. The number of carbonyl (C=O) groups excluding carboxylic acids is 1. The third-order valence-corrected chi connectivity index (χ3v) is 5.02. The quantitative estimate of drug-likeness (QED) is 0.704. The molecule has 1 aliphatic rings. The summed E-state index contributed by atoms with van der Waals surface area (Å²) in [5.41, 5.74) is 1.07. The predicted molar refractivity (Wildman–Crippen MR) is 109 cm³/mol. The fraction of sp³-hybridized carbons (Fsp3) is 0.263. The van der Waals surface area contributed by atoms with Gasteiger partial charge in [0.2, 0.25) is 5.95 Å². The van der Waals surface area contributed by atoms with Gasteiger partial charge in [-0.25, -0.2) is 9.78 Å². The number of anilines is 2. The first-order valence-electron chi connectivity index (χ1n) is 8.87. The maximum atomic E-state index is 12.5. The zero-order valence-corrected chi connectivity index (χ0v) is 16.2. The molecule has 0 saturated carbocycles. The van der Waals surface area contributed by atoms with E-state index in [2.05, 4.69) is 20.3 Å².